The molecule has 0 saturated carbocycles. The van der Waals surface area contributed by atoms with Crippen LogP contribution in [0.4, 0.5) is 0 Å². The van der Waals surface area contributed by atoms with E-state index in [1.165, 1.54) is 6.26 Å². The van der Waals surface area contributed by atoms with Crippen LogP contribution >= 0.6 is 0 Å². The molecule has 0 fully saturated rings. The first kappa shape index (κ1) is 8.55. The van der Waals surface area contributed by atoms with Crippen molar-refractivity contribution < 1.29 is 9.53 Å². The van der Waals surface area contributed by atoms with Gasteiger partial charge >= 0.3 is 0 Å². The third-order valence-corrected chi connectivity index (χ3v) is 1.84. The summed E-state index contributed by atoms with van der Waals surface area (Å²) in [5.74, 6) is 0.0327. The molecule has 2 aliphatic rings. The van der Waals surface area contributed by atoms with Crippen molar-refractivity contribution in [2.75, 3.05) is 6.54 Å². The lowest BCUT2D eigenvalue weighted by molar-refractivity contribution is -0.111. The Hall–Kier alpha value is -2.04. The lowest BCUT2D eigenvalue weighted by Crippen LogP contribution is -2.27. The number of hydrogen-bond acceptors (Lipinski definition) is 4. The monoisotopic (exact) mass is 191 g/mol. The quantitative estimate of drug-likeness (QED) is 0.638. The highest BCUT2D eigenvalue weighted by Gasteiger charge is 2.15. The molecule has 0 radical (unpaired) electrons. The molecule has 0 aliphatic carbocycles. The molecule has 0 aromatic carbocycles. The van der Waals surface area contributed by atoms with Crippen LogP contribution in [0.15, 0.2) is 41.7 Å². The number of nitrogens with two attached hydrogens (primary N) is 1. The van der Waals surface area contributed by atoms with Gasteiger partial charge in [0, 0.05) is 12.7 Å². The molecular formula is C9H9N3O2. The molecular weight excluding hydrogens is 182 g/mol. The summed E-state index contributed by atoms with van der Waals surface area (Å²) in [6.45, 7) is 0.665. The first-order valence-corrected chi connectivity index (χ1v) is 4.11. The topological polar surface area (TPSA) is 67.9 Å². The van der Waals surface area contributed by atoms with Crippen LogP contribution in [0.3, 0.4) is 0 Å². The number of amides is 1. The molecule has 2 aliphatic heterocycles. The van der Waals surface area contributed by atoms with Crippen LogP contribution in [0.25, 0.3) is 0 Å². The van der Waals surface area contributed by atoms with Gasteiger partial charge in [-0.25, -0.2) is 4.99 Å². The average Bonchev–Trinajstić information content (AvgIpc) is 2.41. The number of ether oxygens (including phenoxy) is 1. The summed E-state index contributed by atoms with van der Waals surface area (Å²) in [4.78, 5) is 16.7. The van der Waals surface area contributed by atoms with Gasteiger partial charge in [-0.1, -0.05) is 0 Å². The molecule has 2 heterocycles. The van der Waals surface area contributed by atoms with Gasteiger partial charge in [0.15, 0.2) is 5.82 Å². The van der Waals surface area contributed by atoms with Crippen molar-refractivity contribution >= 4 is 11.6 Å². The predicted octanol–water partition coefficient (Wildman–Crippen LogP) is 0.0848. The molecule has 2 N–H and O–H groups in total. The maximum absolute atomic E-state index is 10.9. The second-order valence-electron chi connectivity index (χ2n) is 2.81. The van der Waals surface area contributed by atoms with Crippen LogP contribution in [-0.2, 0) is 9.53 Å². The molecule has 1 amide bonds. The van der Waals surface area contributed by atoms with E-state index in [0.29, 0.717) is 12.4 Å². The Morgan fingerprint density at radius 1 is 1.64 bits per heavy atom. The Labute approximate surface area is 80.8 Å². The number of carbonyl (C=O) groups excluding carboxylic acids is 1. The lowest BCUT2D eigenvalue weighted by atomic mass is 10.3. The highest BCUT2D eigenvalue weighted by molar-refractivity contribution is 6.43. The number of carbonyl (C=O) groups is 1. The van der Waals surface area contributed by atoms with Crippen molar-refractivity contribution in [1.29, 1.82) is 0 Å². The van der Waals surface area contributed by atoms with E-state index in [0.717, 1.165) is 0 Å². The largest absolute Gasteiger partial charge is 0.469 e. The van der Waals surface area contributed by atoms with Crippen molar-refractivity contribution in [3.8, 4) is 0 Å². The van der Waals surface area contributed by atoms with Crippen LogP contribution in [0.2, 0.25) is 0 Å². The van der Waals surface area contributed by atoms with Crippen molar-refractivity contribution in [2.45, 2.75) is 0 Å². The van der Waals surface area contributed by atoms with Crippen LogP contribution in [0, 0.1) is 0 Å². The summed E-state index contributed by atoms with van der Waals surface area (Å²) in [5, 5.41) is 0. The van der Waals surface area contributed by atoms with Gasteiger partial charge in [0.05, 0.1) is 6.26 Å². The third-order valence-electron chi connectivity index (χ3n) is 1.84. The molecule has 72 valence electrons. The van der Waals surface area contributed by atoms with Crippen LogP contribution in [0.5, 0.6) is 0 Å². The van der Waals surface area contributed by atoms with E-state index in [-0.39, 0.29) is 5.71 Å². The summed E-state index contributed by atoms with van der Waals surface area (Å²) >= 11 is 0. The van der Waals surface area contributed by atoms with Crippen LogP contribution < -0.4 is 5.73 Å². The summed E-state index contributed by atoms with van der Waals surface area (Å²) in [6, 6.07) is 0. The second-order valence-corrected chi connectivity index (χ2v) is 2.81. The van der Waals surface area contributed by atoms with Gasteiger partial charge in [0.1, 0.15) is 12.0 Å². The number of fused-ring (bicyclic) bond motifs is 1. The van der Waals surface area contributed by atoms with E-state index in [9.17, 15) is 4.79 Å². The first-order chi connectivity index (χ1) is 6.77. The van der Waals surface area contributed by atoms with Crippen LogP contribution in [-0.4, -0.2) is 23.1 Å². The van der Waals surface area contributed by atoms with E-state index in [2.05, 4.69) is 4.99 Å². The smallest absolute Gasteiger partial charge is 0.267 e. The van der Waals surface area contributed by atoms with Gasteiger partial charge in [-0.05, 0) is 12.2 Å². The molecule has 5 heteroatoms. The Morgan fingerprint density at radius 2 is 2.50 bits per heavy atom. The number of primary amides is 1. The van der Waals surface area contributed by atoms with Crippen molar-refractivity contribution in [1.82, 2.24) is 4.90 Å². The molecule has 0 saturated heterocycles. The predicted molar refractivity (Wildman–Crippen MR) is 50.8 cm³/mol. The minimum absolute atomic E-state index is 0.234. The fraction of sp³-hybridized carbons (Fsp3) is 0.111. The molecule has 2 rings (SSSR count). The summed E-state index contributed by atoms with van der Waals surface area (Å²) in [5.41, 5.74) is 5.34. The lowest BCUT2D eigenvalue weighted by Gasteiger charge is -2.20. The standard InChI is InChI=1S/C9H9N3O2/c10-9(13)7-2-4-12-3-1-5-14-6-8(12)11-7/h1-2,4-6H,3H2,(H2,10,13). The highest BCUT2D eigenvalue weighted by atomic mass is 16.5. The minimum atomic E-state index is -0.543. The molecule has 5 nitrogen and oxygen atoms in total. The summed E-state index contributed by atoms with van der Waals surface area (Å²) in [7, 11) is 0. The normalized spacial score (nSPS) is 19.0. The summed E-state index contributed by atoms with van der Waals surface area (Å²) < 4.78 is 5.01. The summed E-state index contributed by atoms with van der Waals surface area (Å²) in [6.07, 6.45) is 8.21. The SMILES string of the molecule is NC(=O)C1=NC2=COC=CCN2C=C1. The third kappa shape index (κ3) is 1.52. The molecule has 14 heavy (non-hydrogen) atoms. The van der Waals surface area contributed by atoms with E-state index in [1.807, 2.05) is 11.0 Å². The fourth-order valence-electron chi connectivity index (χ4n) is 1.16. The Balaban J connectivity index is 2.29. The second kappa shape index (κ2) is 3.37. The number of aliphatic imine (C=N–C) groups is 1. The maximum Gasteiger partial charge on any atom is 0.267 e. The Bertz CT molecular complexity index is 380. The molecule has 0 unspecified atom stereocenters. The molecule has 0 aromatic heterocycles. The molecule has 0 spiro atoms. The van der Waals surface area contributed by atoms with Gasteiger partial charge in [-0.15, -0.1) is 0 Å². The van der Waals surface area contributed by atoms with E-state index >= 15 is 0 Å². The average molecular weight is 191 g/mol. The zero-order valence-corrected chi connectivity index (χ0v) is 7.38. The minimum Gasteiger partial charge on any atom is -0.469 e. The van der Waals surface area contributed by atoms with Crippen molar-refractivity contribution in [3.63, 3.8) is 0 Å². The fourth-order valence-corrected chi connectivity index (χ4v) is 1.16. The Morgan fingerprint density at radius 3 is 3.29 bits per heavy atom. The van der Waals surface area contributed by atoms with Gasteiger partial charge in [0.2, 0.25) is 0 Å². The van der Waals surface area contributed by atoms with Crippen LogP contribution in [0.1, 0.15) is 0 Å². The molecule has 0 atom stereocenters. The number of nitrogens with zero attached hydrogens (tertiary/aromatic N) is 2. The van der Waals surface area contributed by atoms with Gasteiger partial charge < -0.3 is 15.4 Å². The number of rotatable bonds is 1. The highest BCUT2D eigenvalue weighted by Crippen LogP contribution is 2.15. The van der Waals surface area contributed by atoms with Gasteiger partial charge in [0.25, 0.3) is 5.91 Å². The molecule has 0 bridgehead atoms. The zero-order valence-electron chi connectivity index (χ0n) is 7.38. The van der Waals surface area contributed by atoms with Crippen molar-refractivity contribution in [3.05, 3.63) is 36.7 Å². The first-order valence-electron chi connectivity index (χ1n) is 4.11. The number of hydrogen-bond donors (Lipinski definition) is 1. The maximum atomic E-state index is 10.9. The van der Waals surface area contributed by atoms with Crippen molar-refractivity contribution in [2.24, 2.45) is 10.7 Å². The van der Waals surface area contributed by atoms with Gasteiger partial charge in [-0.3, -0.25) is 4.79 Å². The zero-order chi connectivity index (χ0) is 9.97. The van der Waals surface area contributed by atoms with E-state index in [1.54, 1.807) is 18.5 Å². The Kier molecular flexibility index (Phi) is 2.06. The van der Waals surface area contributed by atoms with Gasteiger partial charge in [-0.2, -0.15) is 0 Å². The molecule has 0 aromatic rings. The van der Waals surface area contributed by atoms with E-state index < -0.39 is 5.91 Å². The van der Waals surface area contributed by atoms with E-state index in [4.69, 9.17) is 10.5 Å².